The maximum atomic E-state index is 12.8. The van der Waals surface area contributed by atoms with E-state index in [1.54, 1.807) is 12.1 Å². The van der Waals surface area contributed by atoms with Crippen molar-refractivity contribution in [3.05, 3.63) is 24.0 Å². The Morgan fingerprint density at radius 2 is 2.00 bits per heavy atom. The highest BCUT2D eigenvalue weighted by molar-refractivity contribution is 5.66. The molecule has 0 amide bonds. The molecule has 96 valence electrons. The highest BCUT2D eigenvalue weighted by atomic mass is 19.1. The van der Waals surface area contributed by atoms with Gasteiger partial charge in [0, 0.05) is 6.42 Å². The minimum absolute atomic E-state index is 0.148. The number of halogens is 1. The monoisotopic (exact) mass is 244 g/mol. The number of hydrogen-bond acceptors (Lipinski definition) is 3. The molecule has 0 bridgehead atoms. The van der Waals surface area contributed by atoms with E-state index in [-0.39, 0.29) is 5.75 Å². The minimum Gasteiger partial charge on any atom is -0.493 e. The molecule has 1 aromatic carbocycles. The SMILES string of the molecule is CCCC(=O)O.COc1cccc(F)c1OC. The minimum atomic E-state index is -0.711. The second-order valence-corrected chi connectivity index (χ2v) is 3.12. The Morgan fingerprint density at radius 1 is 1.35 bits per heavy atom. The van der Waals surface area contributed by atoms with Gasteiger partial charge in [0.25, 0.3) is 0 Å². The Balaban J connectivity index is 0.000000366. The molecule has 5 heteroatoms. The number of ether oxygens (including phenoxy) is 2. The van der Waals surface area contributed by atoms with Crippen molar-refractivity contribution in [1.29, 1.82) is 0 Å². The van der Waals surface area contributed by atoms with Crippen molar-refractivity contribution < 1.29 is 23.8 Å². The molecule has 0 saturated heterocycles. The van der Waals surface area contributed by atoms with E-state index in [2.05, 4.69) is 0 Å². The molecule has 0 atom stereocenters. The van der Waals surface area contributed by atoms with Gasteiger partial charge in [-0.25, -0.2) is 4.39 Å². The van der Waals surface area contributed by atoms with Crippen molar-refractivity contribution >= 4 is 5.97 Å². The van der Waals surface area contributed by atoms with Gasteiger partial charge in [-0.15, -0.1) is 0 Å². The molecule has 0 aliphatic heterocycles. The molecule has 1 N–H and O–H groups in total. The topological polar surface area (TPSA) is 55.8 Å². The van der Waals surface area contributed by atoms with Crippen LogP contribution >= 0.6 is 0 Å². The zero-order valence-corrected chi connectivity index (χ0v) is 10.2. The van der Waals surface area contributed by atoms with Crippen LogP contribution in [0.5, 0.6) is 11.5 Å². The predicted octanol–water partition coefficient (Wildman–Crippen LogP) is 2.71. The number of carbonyl (C=O) groups is 1. The van der Waals surface area contributed by atoms with Crippen LogP contribution in [-0.4, -0.2) is 25.3 Å². The molecule has 0 heterocycles. The zero-order valence-electron chi connectivity index (χ0n) is 10.2. The van der Waals surface area contributed by atoms with Crippen LogP contribution in [0, 0.1) is 5.82 Å². The molecular weight excluding hydrogens is 227 g/mol. The number of hydrogen-bond donors (Lipinski definition) is 1. The second-order valence-electron chi connectivity index (χ2n) is 3.12. The Labute approximate surface area is 100.0 Å². The third-order valence-electron chi connectivity index (χ3n) is 1.82. The molecule has 1 aromatic rings. The van der Waals surface area contributed by atoms with Gasteiger partial charge in [-0.3, -0.25) is 4.79 Å². The molecule has 17 heavy (non-hydrogen) atoms. The van der Waals surface area contributed by atoms with Gasteiger partial charge in [-0.2, -0.15) is 0 Å². The van der Waals surface area contributed by atoms with E-state index in [1.807, 2.05) is 6.92 Å². The van der Waals surface area contributed by atoms with E-state index in [0.717, 1.165) is 6.42 Å². The number of aliphatic carboxylic acids is 1. The number of carboxylic acids is 1. The average molecular weight is 244 g/mol. The lowest BCUT2D eigenvalue weighted by molar-refractivity contribution is -0.137. The summed E-state index contributed by atoms with van der Waals surface area (Å²) in [5.74, 6) is -0.563. The van der Waals surface area contributed by atoms with Gasteiger partial charge in [0.15, 0.2) is 17.3 Å². The summed E-state index contributed by atoms with van der Waals surface area (Å²) in [5, 5.41) is 7.91. The van der Waals surface area contributed by atoms with Crippen LogP contribution < -0.4 is 9.47 Å². The second kappa shape index (κ2) is 8.38. The van der Waals surface area contributed by atoms with Gasteiger partial charge < -0.3 is 14.6 Å². The predicted molar refractivity (Wildman–Crippen MR) is 62.0 cm³/mol. The van der Waals surface area contributed by atoms with Crippen LogP contribution in [0.25, 0.3) is 0 Å². The third kappa shape index (κ3) is 5.75. The molecular formula is C12H17FO4. The zero-order chi connectivity index (χ0) is 13.3. The van der Waals surface area contributed by atoms with Gasteiger partial charge in [0.2, 0.25) is 0 Å². The molecule has 0 fully saturated rings. The van der Waals surface area contributed by atoms with Crippen molar-refractivity contribution in [2.75, 3.05) is 14.2 Å². The standard InChI is InChI=1S/C8H9FO2.C4H8O2/c1-10-7-5-3-4-6(9)8(7)11-2;1-2-3-4(5)6/h3-5H,1-2H3;2-3H2,1H3,(H,5,6). The van der Waals surface area contributed by atoms with Crippen LogP contribution in [0.15, 0.2) is 18.2 Å². The highest BCUT2D eigenvalue weighted by Gasteiger charge is 2.07. The third-order valence-corrected chi connectivity index (χ3v) is 1.82. The molecule has 1 rings (SSSR count). The van der Waals surface area contributed by atoms with E-state index in [0.29, 0.717) is 12.2 Å². The largest absolute Gasteiger partial charge is 0.493 e. The van der Waals surface area contributed by atoms with Crippen LogP contribution in [0.2, 0.25) is 0 Å². The highest BCUT2D eigenvalue weighted by Crippen LogP contribution is 2.28. The summed E-state index contributed by atoms with van der Waals surface area (Å²) < 4.78 is 22.5. The number of rotatable bonds is 4. The molecule has 4 nitrogen and oxygen atoms in total. The van der Waals surface area contributed by atoms with Crippen LogP contribution in [0.4, 0.5) is 4.39 Å². The number of methoxy groups -OCH3 is 2. The van der Waals surface area contributed by atoms with Gasteiger partial charge in [-0.05, 0) is 18.6 Å². The van der Waals surface area contributed by atoms with Crippen molar-refractivity contribution in [2.45, 2.75) is 19.8 Å². The number of carboxylic acid groups (broad SMARTS) is 1. The Hall–Kier alpha value is -1.78. The van der Waals surface area contributed by atoms with Crippen molar-refractivity contribution in [1.82, 2.24) is 0 Å². The lowest BCUT2D eigenvalue weighted by atomic mass is 10.3. The van der Waals surface area contributed by atoms with E-state index >= 15 is 0 Å². The maximum Gasteiger partial charge on any atom is 0.303 e. The van der Waals surface area contributed by atoms with E-state index in [4.69, 9.17) is 14.6 Å². The van der Waals surface area contributed by atoms with Crippen molar-refractivity contribution in [3.8, 4) is 11.5 Å². The molecule has 0 spiro atoms. The summed E-state index contributed by atoms with van der Waals surface area (Å²) >= 11 is 0. The fraction of sp³-hybridized carbons (Fsp3) is 0.417. The van der Waals surface area contributed by atoms with E-state index in [1.165, 1.54) is 20.3 Å². The first-order valence-corrected chi connectivity index (χ1v) is 5.15. The Morgan fingerprint density at radius 3 is 2.29 bits per heavy atom. The van der Waals surface area contributed by atoms with Crippen molar-refractivity contribution in [3.63, 3.8) is 0 Å². The molecule has 0 aliphatic carbocycles. The lowest BCUT2D eigenvalue weighted by Gasteiger charge is -2.06. The molecule has 0 saturated carbocycles. The average Bonchev–Trinajstić information content (AvgIpc) is 2.29. The van der Waals surface area contributed by atoms with E-state index < -0.39 is 11.8 Å². The van der Waals surface area contributed by atoms with E-state index in [9.17, 15) is 9.18 Å². The van der Waals surface area contributed by atoms with Crippen LogP contribution in [0.3, 0.4) is 0 Å². The smallest absolute Gasteiger partial charge is 0.303 e. The van der Waals surface area contributed by atoms with Crippen LogP contribution in [0.1, 0.15) is 19.8 Å². The van der Waals surface area contributed by atoms with Gasteiger partial charge >= 0.3 is 5.97 Å². The summed E-state index contributed by atoms with van der Waals surface area (Å²) in [5.41, 5.74) is 0. The fourth-order valence-corrected chi connectivity index (χ4v) is 1.06. The molecule has 0 radical (unpaired) electrons. The number of para-hydroxylation sites is 1. The molecule has 0 unspecified atom stereocenters. The van der Waals surface area contributed by atoms with Gasteiger partial charge in [0.05, 0.1) is 14.2 Å². The molecule has 0 aromatic heterocycles. The Bertz CT molecular complexity index is 352. The maximum absolute atomic E-state index is 12.8. The summed E-state index contributed by atoms with van der Waals surface area (Å²) in [4.78, 5) is 9.60. The normalized spacial score (nSPS) is 8.94. The summed E-state index contributed by atoms with van der Waals surface area (Å²) in [6.45, 7) is 1.84. The van der Waals surface area contributed by atoms with Crippen LogP contribution in [-0.2, 0) is 4.79 Å². The first-order valence-electron chi connectivity index (χ1n) is 5.15. The van der Waals surface area contributed by atoms with Gasteiger partial charge in [0.1, 0.15) is 0 Å². The Kier molecular flexibility index (Phi) is 7.50. The van der Waals surface area contributed by atoms with Gasteiger partial charge in [-0.1, -0.05) is 13.0 Å². The first-order chi connectivity index (χ1) is 8.06. The van der Waals surface area contributed by atoms with Crippen molar-refractivity contribution in [2.24, 2.45) is 0 Å². The first kappa shape index (κ1) is 15.2. The quantitative estimate of drug-likeness (QED) is 0.884. The number of benzene rings is 1. The lowest BCUT2D eigenvalue weighted by Crippen LogP contribution is -1.92. The fourth-order valence-electron chi connectivity index (χ4n) is 1.06. The summed E-state index contributed by atoms with van der Waals surface area (Å²) in [7, 11) is 2.87. The molecule has 0 aliphatic rings. The summed E-state index contributed by atoms with van der Waals surface area (Å²) in [6, 6.07) is 4.53. The summed E-state index contributed by atoms with van der Waals surface area (Å²) in [6.07, 6.45) is 1.02.